The first-order valence-corrected chi connectivity index (χ1v) is 38.7. The number of para-hydroxylation sites is 2. The number of aryl methyl sites for hydroxylation is 2. The summed E-state index contributed by atoms with van der Waals surface area (Å²) in [5.41, 5.74) is -1.13. The Morgan fingerprint density at radius 3 is 0.969 bits per heavy atom. The molecule has 0 unspecified atom stereocenters. The van der Waals surface area contributed by atoms with E-state index in [0.717, 1.165) is 84.1 Å². The van der Waals surface area contributed by atoms with Crippen molar-refractivity contribution < 1.29 is 136 Å². The van der Waals surface area contributed by atoms with Crippen LogP contribution in [0.15, 0.2) is 265 Å². The van der Waals surface area contributed by atoms with Gasteiger partial charge in [0.05, 0.1) is 40.0 Å². The molecule has 0 fully saturated rings. The molecule has 7 N–H and O–H groups in total. The quantitative estimate of drug-likeness (QED) is 0.0196. The number of amides is 6. The Kier molecular flexibility index (Phi) is 29.4. The standard InChI is InChI=1S/C30H22F6N4O3.C30H25F6N3O5S.C28H23F6N3O4/c31-29(32,33)42-22-12-6-10-20(16-22)28(18-19-8-2-1-3-9-19,21-11-7-13-23(17-21)43-30(34,35)36)40-27(41)39-26-37-24-14-4-5-15-25(24)38-26;1-3-42-25(40)24-18(2)37-27(45-24)38-26(41)39-28(17-19-9-5-4-6-10-19,20-11-7-13-22(15-20)43-29(31,32)33)21-12-8-14-23(16-21)44-30(34,35)36;1-17-18(2)41-37-24(17)35-25(38)36-26(16-19-8-4-3-5-9-19,20-10-6-12-22(14-20)39-27(29,30)31)21-11-7-13-23(15-21)40-28(32,33)34/h1-17H,18H2,(H3,37,38,39,40,41);4-16H,3,17H2,1-2H3,(H2,37,38,39,41);3-15H,16H2,1-2H3,(H2,35,36,37,38). The molecule has 0 saturated carbocycles. The van der Waals surface area contributed by atoms with Crippen LogP contribution >= 0.6 is 11.3 Å². The van der Waals surface area contributed by atoms with Crippen molar-refractivity contribution in [1.82, 2.24) is 36.1 Å². The topological polar surface area (TPSA) is 273 Å². The Balaban J connectivity index is 0.000000187. The summed E-state index contributed by atoms with van der Waals surface area (Å²) < 4.78 is 271. The lowest BCUT2D eigenvalue weighted by atomic mass is 9.77. The largest absolute Gasteiger partial charge is 0.573 e. The number of aromatic nitrogens is 4. The second-order valence-electron chi connectivity index (χ2n) is 27.9. The van der Waals surface area contributed by atoms with Crippen LogP contribution in [-0.2, 0) is 40.6 Å². The average Bonchev–Trinajstić information content (AvgIpc) is 1.04. The highest BCUT2D eigenvalue weighted by Gasteiger charge is 2.45. The van der Waals surface area contributed by atoms with E-state index >= 15 is 0 Å². The molecule has 0 atom stereocenters. The van der Waals surface area contributed by atoms with Crippen LogP contribution in [0.1, 0.15) is 83.7 Å². The number of H-pyrrole nitrogens is 1. The van der Waals surface area contributed by atoms with Crippen molar-refractivity contribution >= 4 is 63.3 Å². The van der Waals surface area contributed by atoms with E-state index < -0.39 is 113 Å². The second-order valence-corrected chi connectivity index (χ2v) is 28.9. The first-order chi connectivity index (χ1) is 60.8. The number of halogens is 18. The highest BCUT2D eigenvalue weighted by molar-refractivity contribution is 7.17. The predicted molar refractivity (Wildman–Crippen MR) is 433 cm³/mol. The van der Waals surface area contributed by atoms with Crippen LogP contribution in [0.4, 0.5) is 110 Å². The highest BCUT2D eigenvalue weighted by Crippen LogP contribution is 2.44. The van der Waals surface area contributed by atoms with Gasteiger partial charge in [-0.2, -0.15) is 0 Å². The molecule has 0 aliphatic carbocycles. The number of aromatic amines is 1. The third kappa shape index (κ3) is 26.9. The number of anilines is 3. The van der Waals surface area contributed by atoms with Crippen molar-refractivity contribution in [3.05, 3.63) is 333 Å². The molecule has 3 aromatic heterocycles. The first kappa shape index (κ1) is 95.0. The summed E-state index contributed by atoms with van der Waals surface area (Å²) >= 11 is 0.827. The molecule has 22 nitrogen and oxygen atoms in total. The third-order valence-electron chi connectivity index (χ3n) is 18.8. The van der Waals surface area contributed by atoms with Crippen LogP contribution in [-0.4, -0.2) is 89.0 Å². The van der Waals surface area contributed by atoms with Gasteiger partial charge in [-0.1, -0.05) is 192 Å². The van der Waals surface area contributed by atoms with Crippen molar-refractivity contribution in [2.24, 2.45) is 0 Å². The summed E-state index contributed by atoms with van der Waals surface area (Å²) in [5, 5.41) is 19.7. The number of rotatable bonds is 26. The number of thiazole rings is 1. The van der Waals surface area contributed by atoms with Crippen molar-refractivity contribution in [3.8, 4) is 34.5 Å². The number of urea groups is 3. The lowest BCUT2D eigenvalue weighted by Gasteiger charge is -2.37. The fraction of sp³-hybridized carbons (Fsp3) is 0.193. The van der Waals surface area contributed by atoms with Crippen molar-refractivity contribution in [2.75, 3.05) is 22.6 Å². The van der Waals surface area contributed by atoms with Gasteiger partial charge in [0, 0.05) is 24.8 Å². The van der Waals surface area contributed by atoms with E-state index in [1.807, 2.05) is 0 Å². The SMILES string of the molecule is CCOC(=O)c1sc(NC(=O)NC(Cc2ccccc2)(c2cccc(OC(F)(F)F)c2)c2cccc(OC(F)(F)F)c2)nc1C.Cc1onc(NC(=O)NC(Cc2ccccc2)(c2cccc(OC(F)(F)F)c2)c2cccc(OC(F)(F)F)c2)c1C.O=C(Nc1nc2ccccc2[nH]1)NC(Cc1ccccc1)(c1cccc(OC(F)(F)F)c1)c1cccc(OC(F)(F)F)c1. The van der Waals surface area contributed by atoms with E-state index in [4.69, 9.17) is 9.26 Å². The molecule has 6 amide bonds. The fourth-order valence-electron chi connectivity index (χ4n) is 13.5. The number of hydrogen-bond donors (Lipinski definition) is 7. The molecule has 0 spiro atoms. The van der Waals surface area contributed by atoms with Gasteiger partial charge < -0.3 is 58.6 Å². The number of carbonyl (C=O) groups is 4. The average molecular weight is 1830 g/mol. The molecule has 0 radical (unpaired) electrons. The van der Waals surface area contributed by atoms with Gasteiger partial charge in [-0.05, 0) is 163 Å². The zero-order valence-corrected chi connectivity index (χ0v) is 67.9. The predicted octanol–water partition coefficient (Wildman–Crippen LogP) is 22.8. The van der Waals surface area contributed by atoms with Gasteiger partial charge in [-0.3, -0.25) is 16.0 Å². The Bertz CT molecular complexity index is 5800. The van der Waals surface area contributed by atoms with E-state index in [1.165, 1.54) is 79.7 Å². The maximum atomic E-state index is 13.6. The number of nitrogens with one attached hydrogen (secondary N) is 7. The van der Waals surface area contributed by atoms with E-state index in [9.17, 15) is 98.2 Å². The number of ether oxygens (including phenoxy) is 7. The molecule has 0 aliphatic heterocycles. The maximum absolute atomic E-state index is 13.6. The van der Waals surface area contributed by atoms with Gasteiger partial charge in [-0.25, -0.2) is 29.1 Å². The zero-order valence-electron chi connectivity index (χ0n) is 67.1. The molecule has 0 aliphatic rings. The van der Waals surface area contributed by atoms with Crippen LogP contribution in [0, 0.1) is 20.8 Å². The van der Waals surface area contributed by atoms with Gasteiger partial charge >= 0.3 is 62.2 Å². The first-order valence-electron chi connectivity index (χ1n) is 37.9. The van der Waals surface area contributed by atoms with Crippen LogP contribution in [0.2, 0.25) is 0 Å². The summed E-state index contributed by atoms with van der Waals surface area (Å²) in [6, 6.07) is 58.7. The smallest absolute Gasteiger partial charge is 0.462 e. The summed E-state index contributed by atoms with van der Waals surface area (Å²) in [7, 11) is 0. The van der Waals surface area contributed by atoms with Gasteiger partial charge in [0.2, 0.25) is 5.95 Å². The second kappa shape index (κ2) is 39.9. The Hall–Kier alpha value is -14.7. The lowest BCUT2D eigenvalue weighted by molar-refractivity contribution is -0.275. The van der Waals surface area contributed by atoms with E-state index in [-0.39, 0.29) is 86.7 Å². The molecule has 0 bridgehead atoms. The minimum Gasteiger partial charge on any atom is -0.462 e. The summed E-state index contributed by atoms with van der Waals surface area (Å²) in [5.74, 6) is -3.71. The molecule has 13 aromatic rings. The van der Waals surface area contributed by atoms with Gasteiger partial charge in [0.1, 0.15) is 45.1 Å². The number of esters is 1. The number of fused-ring (bicyclic) bond motifs is 1. The summed E-state index contributed by atoms with van der Waals surface area (Å²) in [6.07, 6.45) is -30.5. The molecule has 129 heavy (non-hydrogen) atoms. The normalized spacial score (nSPS) is 12.0. The Labute approximate surface area is 723 Å². The molecule has 0 saturated heterocycles. The fourth-order valence-corrected chi connectivity index (χ4v) is 14.4. The molecule has 13 rings (SSSR count). The number of imidazole rings is 1. The monoisotopic (exact) mass is 1830 g/mol. The van der Waals surface area contributed by atoms with Crippen LogP contribution in [0.5, 0.6) is 34.5 Å². The number of nitrogens with zero attached hydrogens (tertiary/aromatic N) is 3. The minimum atomic E-state index is -5.05. The van der Waals surface area contributed by atoms with E-state index in [2.05, 4.69) is 80.4 Å². The van der Waals surface area contributed by atoms with Gasteiger partial charge in [0.15, 0.2) is 10.9 Å². The van der Waals surface area contributed by atoms with Crippen LogP contribution in [0.3, 0.4) is 0 Å². The number of hydrogen-bond acceptors (Lipinski definition) is 16. The summed E-state index contributed by atoms with van der Waals surface area (Å²) in [6.45, 7) is 6.54. The summed E-state index contributed by atoms with van der Waals surface area (Å²) in [4.78, 5) is 64.4. The molecular formula is C88H70F18N10O12S. The highest BCUT2D eigenvalue weighted by atomic mass is 32.1. The van der Waals surface area contributed by atoms with Gasteiger partial charge in [-0.15, -0.1) is 79.0 Å². The Morgan fingerprint density at radius 2 is 0.674 bits per heavy atom. The minimum absolute atomic E-state index is 0.00928. The lowest BCUT2D eigenvalue weighted by Crippen LogP contribution is -2.50. The zero-order chi connectivity index (χ0) is 93.3. The number of carbonyl (C=O) groups excluding carboxylic acids is 4. The molecule has 41 heteroatoms. The van der Waals surface area contributed by atoms with E-state index in [1.54, 1.807) is 136 Å². The van der Waals surface area contributed by atoms with Crippen molar-refractivity contribution in [2.45, 2.75) is 102 Å². The maximum Gasteiger partial charge on any atom is 0.573 e. The molecule has 10 aromatic carbocycles. The molecule has 3 heterocycles. The third-order valence-corrected chi connectivity index (χ3v) is 19.8. The van der Waals surface area contributed by atoms with Crippen molar-refractivity contribution in [3.63, 3.8) is 0 Å². The van der Waals surface area contributed by atoms with Crippen molar-refractivity contribution in [1.29, 1.82) is 0 Å². The Morgan fingerprint density at radius 1 is 0.372 bits per heavy atom. The van der Waals surface area contributed by atoms with Crippen LogP contribution in [0.25, 0.3) is 11.0 Å². The van der Waals surface area contributed by atoms with Gasteiger partial charge in [0.25, 0.3) is 0 Å². The molecular weight excluding hydrogens is 1760 g/mol. The number of alkyl halides is 18. The van der Waals surface area contributed by atoms with E-state index in [0.29, 0.717) is 39.0 Å². The molecule has 676 valence electrons. The number of benzene rings is 10. The van der Waals surface area contributed by atoms with Crippen LogP contribution < -0.4 is 60.3 Å².